The lowest BCUT2D eigenvalue weighted by Crippen LogP contribution is -2.05. The van der Waals surface area contributed by atoms with Crippen LogP contribution in [0.15, 0.2) is 0 Å². The molecule has 0 bridgehead atoms. The maximum Gasteiger partial charge on any atom is 0.305 e. The Morgan fingerprint density at radius 1 is 0.586 bits per heavy atom. The molecule has 0 aliphatic rings. The van der Waals surface area contributed by atoms with Gasteiger partial charge in [-0.2, -0.15) is 0 Å². The van der Waals surface area contributed by atoms with Crippen LogP contribution in [0.1, 0.15) is 130 Å². The number of unbranched alkanes of at least 4 members (excludes halogenated alkanes) is 12. The first-order valence-corrected chi connectivity index (χ1v) is 12.4. The Morgan fingerprint density at radius 3 is 1.48 bits per heavy atom. The third kappa shape index (κ3) is 23.1. The lowest BCUT2D eigenvalue weighted by Gasteiger charge is -2.06. The highest BCUT2D eigenvalue weighted by molar-refractivity contribution is 5.69. The van der Waals surface area contributed by atoms with Gasteiger partial charge in [0.2, 0.25) is 0 Å². The van der Waals surface area contributed by atoms with Gasteiger partial charge in [0.1, 0.15) is 0 Å². The van der Waals surface area contributed by atoms with E-state index < -0.39 is 0 Å². The summed E-state index contributed by atoms with van der Waals surface area (Å²) in [5.74, 6) is 0.681. The number of ether oxygens (including phenoxy) is 2. The largest absolute Gasteiger partial charge is 0.466 e. The molecule has 0 heterocycles. The summed E-state index contributed by atoms with van der Waals surface area (Å²) >= 11 is 0. The van der Waals surface area contributed by atoms with Gasteiger partial charge in [-0.1, -0.05) is 97.8 Å². The first-order valence-electron chi connectivity index (χ1n) is 12.4. The van der Waals surface area contributed by atoms with Gasteiger partial charge in [-0.25, -0.2) is 0 Å². The molecular formula is C25H48O4. The standard InChI is InChI=1S/C25H48O4/c1-4-24(26)28-21-17-13-9-7-5-6-8-10-14-18-22-29-25(27)20-16-12-11-15-19-23(2)3/h23H,4-22H2,1-3H3. The monoisotopic (exact) mass is 412 g/mol. The van der Waals surface area contributed by atoms with Gasteiger partial charge >= 0.3 is 11.9 Å². The van der Waals surface area contributed by atoms with Gasteiger partial charge < -0.3 is 9.47 Å². The molecule has 0 N–H and O–H groups in total. The Balaban J connectivity index is 3.17. The fourth-order valence-corrected chi connectivity index (χ4v) is 3.34. The molecule has 0 rings (SSSR count). The van der Waals surface area contributed by atoms with Crippen LogP contribution < -0.4 is 0 Å². The van der Waals surface area contributed by atoms with Crippen LogP contribution in [0.4, 0.5) is 0 Å². The van der Waals surface area contributed by atoms with E-state index >= 15 is 0 Å². The van der Waals surface area contributed by atoms with Gasteiger partial charge in [0.05, 0.1) is 13.2 Å². The maximum atomic E-state index is 11.7. The number of carbonyl (C=O) groups excluding carboxylic acids is 2. The van der Waals surface area contributed by atoms with E-state index in [0.717, 1.165) is 44.4 Å². The molecule has 0 aromatic heterocycles. The lowest BCUT2D eigenvalue weighted by molar-refractivity contribution is -0.144. The Hall–Kier alpha value is -1.06. The summed E-state index contributed by atoms with van der Waals surface area (Å²) in [6, 6.07) is 0. The minimum absolute atomic E-state index is 0.0154. The average Bonchev–Trinajstić information content (AvgIpc) is 2.70. The quantitative estimate of drug-likeness (QED) is 0.146. The van der Waals surface area contributed by atoms with Gasteiger partial charge in [-0.05, 0) is 25.2 Å². The van der Waals surface area contributed by atoms with Crippen LogP contribution in [0.5, 0.6) is 0 Å². The fraction of sp³-hybridized carbons (Fsp3) is 0.920. The molecule has 0 unspecified atom stereocenters. The lowest BCUT2D eigenvalue weighted by atomic mass is 10.0. The first kappa shape index (κ1) is 27.9. The highest BCUT2D eigenvalue weighted by Crippen LogP contribution is 2.12. The third-order valence-electron chi connectivity index (χ3n) is 5.27. The zero-order valence-corrected chi connectivity index (χ0v) is 19.6. The molecule has 0 aromatic carbocycles. The minimum Gasteiger partial charge on any atom is -0.466 e. The van der Waals surface area contributed by atoms with E-state index in [-0.39, 0.29) is 11.9 Å². The fourth-order valence-electron chi connectivity index (χ4n) is 3.34. The summed E-state index contributed by atoms with van der Waals surface area (Å²) in [5.41, 5.74) is 0. The van der Waals surface area contributed by atoms with Gasteiger partial charge in [-0.3, -0.25) is 9.59 Å². The Labute approximate surface area is 180 Å². The van der Waals surface area contributed by atoms with Crippen LogP contribution >= 0.6 is 0 Å². The predicted molar refractivity (Wildman–Crippen MR) is 121 cm³/mol. The normalized spacial score (nSPS) is 11.0. The molecule has 0 fully saturated rings. The van der Waals surface area contributed by atoms with E-state index in [2.05, 4.69) is 13.8 Å². The number of rotatable bonds is 21. The van der Waals surface area contributed by atoms with E-state index in [9.17, 15) is 9.59 Å². The maximum absolute atomic E-state index is 11.7. The van der Waals surface area contributed by atoms with Crippen molar-refractivity contribution in [3.05, 3.63) is 0 Å². The number of hydrogen-bond donors (Lipinski definition) is 0. The van der Waals surface area contributed by atoms with E-state index in [1.54, 1.807) is 0 Å². The molecule has 0 saturated carbocycles. The number of carbonyl (C=O) groups is 2. The number of esters is 2. The highest BCUT2D eigenvalue weighted by atomic mass is 16.5. The van der Waals surface area contributed by atoms with Crippen LogP contribution in [0, 0.1) is 5.92 Å². The van der Waals surface area contributed by atoms with Crippen molar-refractivity contribution in [1.82, 2.24) is 0 Å². The van der Waals surface area contributed by atoms with Gasteiger partial charge in [0.25, 0.3) is 0 Å². The Kier molecular flexibility index (Phi) is 20.9. The second-order valence-electron chi connectivity index (χ2n) is 8.68. The zero-order valence-electron chi connectivity index (χ0n) is 19.6. The third-order valence-corrected chi connectivity index (χ3v) is 5.27. The molecular weight excluding hydrogens is 364 g/mol. The predicted octanol–water partition coefficient (Wildman–Crippen LogP) is 7.38. The van der Waals surface area contributed by atoms with Crippen LogP contribution in [0.3, 0.4) is 0 Å². The molecule has 4 heteroatoms. The van der Waals surface area contributed by atoms with Crippen LogP contribution in [-0.2, 0) is 19.1 Å². The van der Waals surface area contributed by atoms with Crippen molar-refractivity contribution in [2.24, 2.45) is 5.92 Å². The molecule has 0 spiro atoms. The van der Waals surface area contributed by atoms with E-state index in [1.807, 2.05) is 6.92 Å². The summed E-state index contributed by atoms with van der Waals surface area (Å²) in [4.78, 5) is 22.7. The topological polar surface area (TPSA) is 52.6 Å². The molecule has 0 aliphatic heterocycles. The van der Waals surface area contributed by atoms with Crippen molar-refractivity contribution in [3.63, 3.8) is 0 Å². The second kappa shape index (κ2) is 21.6. The molecule has 0 aliphatic carbocycles. The van der Waals surface area contributed by atoms with Crippen molar-refractivity contribution in [2.45, 2.75) is 130 Å². The van der Waals surface area contributed by atoms with Crippen LogP contribution in [0.2, 0.25) is 0 Å². The summed E-state index contributed by atoms with van der Waals surface area (Å²) in [6.45, 7) is 7.52. The summed E-state index contributed by atoms with van der Waals surface area (Å²) in [6.07, 6.45) is 18.9. The van der Waals surface area contributed by atoms with E-state index in [4.69, 9.17) is 9.47 Å². The van der Waals surface area contributed by atoms with Crippen molar-refractivity contribution >= 4 is 11.9 Å². The van der Waals surface area contributed by atoms with Crippen LogP contribution in [-0.4, -0.2) is 25.2 Å². The summed E-state index contributed by atoms with van der Waals surface area (Å²) in [7, 11) is 0. The summed E-state index contributed by atoms with van der Waals surface area (Å²) < 4.78 is 10.4. The van der Waals surface area contributed by atoms with Crippen LogP contribution in [0.25, 0.3) is 0 Å². The van der Waals surface area contributed by atoms with Gasteiger partial charge in [0, 0.05) is 12.8 Å². The van der Waals surface area contributed by atoms with E-state index in [1.165, 1.54) is 57.8 Å². The SMILES string of the molecule is CCC(=O)OCCCCCCCCCCCCOC(=O)CCCCCCC(C)C. The molecule has 0 atom stereocenters. The summed E-state index contributed by atoms with van der Waals surface area (Å²) in [5, 5.41) is 0. The average molecular weight is 413 g/mol. The zero-order chi connectivity index (χ0) is 21.6. The molecule has 0 saturated heterocycles. The highest BCUT2D eigenvalue weighted by Gasteiger charge is 2.03. The van der Waals surface area contributed by atoms with Crippen molar-refractivity contribution in [3.8, 4) is 0 Å². The van der Waals surface area contributed by atoms with Crippen molar-refractivity contribution in [1.29, 1.82) is 0 Å². The molecule has 172 valence electrons. The molecule has 0 amide bonds. The molecule has 0 aromatic rings. The molecule has 29 heavy (non-hydrogen) atoms. The van der Waals surface area contributed by atoms with Gasteiger partial charge in [-0.15, -0.1) is 0 Å². The molecule has 4 nitrogen and oxygen atoms in total. The van der Waals surface area contributed by atoms with Crippen molar-refractivity contribution < 1.29 is 19.1 Å². The Bertz CT molecular complexity index is 379. The van der Waals surface area contributed by atoms with Crippen molar-refractivity contribution in [2.75, 3.05) is 13.2 Å². The number of hydrogen-bond acceptors (Lipinski definition) is 4. The Morgan fingerprint density at radius 2 is 1.00 bits per heavy atom. The second-order valence-corrected chi connectivity index (χ2v) is 8.68. The van der Waals surface area contributed by atoms with E-state index in [0.29, 0.717) is 26.1 Å². The smallest absolute Gasteiger partial charge is 0.305 e. The first-order chi connectivity index (χ1) is 14.1. The van der Waals surface area contributed by atoms with Gasteiger partial charge in [0.15, 0.2) is 0 Å². The molecule has 0 radical (unpaired) electrons. The minimum atomic E-state index is -0.0905.